The predicted molar refractivity (Wildman–Crippen MR) is 120 cm³/mol. The first-order valence-electron chi connectivity index (χ1n) is 9.93. The number of nitrogens with zero attached hydrogens (tertiary/aromatic N) is 6. The summed E-state index contributed by atoms with van der Waals surface area (Å²) in [5.41, 5.74) is 5.26. The van der Waals surface area contributed by atoms with E-state index in [-0.39, 0.29) is 18.3 Å². The number of aryl methyl sites for hydroxylation is 4. The molecule has 164 valence electrons. The van der Waals surface area contributed by atoms with E-state index in [1.165, 1.54) is 22.8 Å². The highest BCUT2D eigenvalue weighted by atomic mass is 32.1. The number of carbonyl (C=O) groups excluding carboxylic acids is 2. The fraction of sp³-hybridized carbons (Fsp3) is 0.273. The number of ether oxygens (including phenoxy) is 1. The number of hydrogen-bond acceptors (Lipinski definition) is 8. The fourth-order valence-electron chi connectivity index (χ4n) is 3.58. The van der Waals surface area contributed by atoms with Gasteiger partial charge in [-0.15, -0.1) is 16.4 Å². The summed E-state index contributed by atoms with van der Waals surface area (Å²) in [6.45, 7) is 9.25. The summed E-state index contributed by atoms with van der Waals surface area (Å²) in [6, 6.07) is 5.84. The second-order valence-electron chi connectivity index (χ2n) is 7.53. The Kier molecular flexibility index (Phi) is 5.70. The van der Waals surface area contributed by atoms with Crippen LogP contribution >= 0.6 is 11.3 Å². The van der Waals surface area contributed by atoms with Gasteiger partial charge in [0.15, 0.2) is 5.13 Å². The van der Waals surface area contributed by atoms with Crippen LogP contribution < -0.4 is 4.90 Å². The van der Waals surface area contributed by atoms with Gasteiger partial charge in [-0.1, -0.05) is 17.7 Å². The monoisotopic (exact) mass is 450 g/mol. The molecule has 9 nitrogen and oxygen atoms in total. The lowest BCUT2D eigenvalue weighted by molar-refractivity contribution is -0.115. The van der Waals surface area contributed by atoms with E-state index >= 15 is 0 Å². The Bertz CT molecular complexity index is 1320. The number of esters is 1. The van der Waals surface area contributed by atoms with Crippen molar-refractivity contribution in [1.29, 1.82) is 0 Å². The first-order chi connectivity index (χ1) is 15.2. The highest BCUT2D eigenvalue weighted by Gasteiger charge is 2.22. The molecule has 0 saturated carbocycles. The van der Waals surface area contributed by atoms with E-state index in [1.54, 1.807) is 22.5 Å². The smallest absolute Gasteiger partial charge is 0.378 e. The number of anilines is 2. The molecule has 4 aromatic rings. The van der Waals surface area contributed by atoms with Crippen molar-refractivity contribution in [3.63, 3.8) is 0 Å². The molecule has 10 heteroatoms. The minimum Gasteiger partial charge on any atom is -0.453 e. The summed E-state index contributed by atoms with van der Waals surface area (Å²) in [5.74, 6) is -0.555. The zero-order valence-corrected chi connectivity index (χ0v) is 19.2. The lowest BCUT2D eigenvalue weighted by atomic mass is 10.0. The quantitative estimate of drug-likeness (QED) is 0.425. The molecular weight excluding hydrogens is 428 g/mol. The maximum absolute atomic E-state index is 12.5. The van der Waals surface area contributed by atoms with Crippen molar-refractivity contribution in [2.24, 2.45) is 0 Å². The summed E-state index contributed by atoms with van der Waals surface area (Å²) < 4.78 is 6.82. The number of carbonyl (C=O) groups is 2. The SMILES string of the molecule is CC(=O)N(c1nc(COC(=O)c2nc3nccc(C)n3n2)cs1)c1c(C)cc(C)cc1C. The van der Waals surface area contributed by atoms with Crippen LogP contribution in [0.1, 0.15) is 45.6 Å². The maximum Gasteiger partial charge on any atom is 0.378 e. The molecule has 0 fully saturated rings. The van der Waals surface area contributed by atoms with Crippen molar-refractivity contribution in [3.05, 3.63) is 63.7 Å². The Morgan fingerprint density at radius 3 is 2.50 bits per heavy atom. The second kappa shape index (κ2) is 8.46. The van der Waals surface area contributed by atoms with Crippen LogP contribution in [0.25, 0.3) is 5.78 Å². The van der Waals surface area contributed by atoms with Crippen molar-refractivity contribution in [2.75, 3.05) is 4.90 Å². The third-order valence-corrected chi connectivity index (χ3v) is 5.74. The molecule has 0 unspecified atom stereocenters. The van der Waals surface area contributed by atoms with E-state index in [0.29, 0.717) is 16.6 Å². The van der Waals surface area contributed by atoms with Gasteiger partial charge in [0.05, 0.1) is 11.4 Å². The van der Waals surface area contributed by atoms with Crippen molar-refractivity contribution in [3.8, 4) is 0 Å². The molecule has 0 N–H and O–H groups in total. The molecule has 3 heterocycles. The maximum atomic E-state index is 12.5. The summed E-state index contributed by atoms with van der Waals surface area (Å²) in [6.07, 6.45) is 1.60. The lowest BCUT2D eigenvalue weighted by Gasteiger charge is -2.23. The molecule has 1 amide bonds. The molecule has 0 saturated heterocycles. The van der Waals surface area contributed by atoms with E-state index < -0.39 is 5.97 Å². The minimum absolute atomic E-state index is 0.0606. The standard InChI is InChI=1S/C22H22N6O3S/c1-12-8-13(2)18(14(3)9-12)27(16(5)29)22-24-17(11-32-22)10-31-20(30)19-25-21-23-7-6-15(4)28(21)26-19/h6-9,11H,10H2,1-5H3. The van der Waals surface area contributed by atoms with Crippen molar-refractivity contribution < 1.29 is 14.3 Å². The molecular formula is C22H22N6O3S. The Labute approximate surface area is 188 Å². The number of benzene rings is 1. The predicted octanol–water partition coefficient (Wildman–Crippen LogP) is 3.86. The molecule has 32 heavy (non-hydrogen) atoms. The Balaban J connectivity index is 1.53. The number of hydrogen-bond donors (Lipinski definition) is 0. The number of rotatable bonds is 5. The molecule has 4 rings (SSSR count). The Hall–Kier alpha value is -3.66. The molecule has 0 aliphatic heterocycles. The average Bonchev–Trinajstić information content (AvgIpc) is 3.36. The van der Waals surface area contributed by atoms with Gasteiger partial charge in [0.2, 0.25) is 5.91 Å². The first kappa shape index (κ1) is 21.6. The van der Waals surface area contributed by atoms with E-state index in [0.717, 1.165) is 28.1 Å². The topological polar surface area (TPSA) is 103 Å². The fourth-order valence-corrected chi connectivity index (χ4v) is 4.43. The van der Waals surface area contributed by atoms with Gasteiger partial charge in [0.1, 0.15) is 6.61 Å². The third kappa shape index (κ3) is 4.09. The van der Waals surface area contributed by atoms with Gasteiger partial charge in [-0.05, 0) is 44.9 Å². The van der Waals surface area contributed by atoms with Crippen LogP contribution in [0.5, 0.6) is 0 Å². The highest BCUT2D eigenvalue weighted by molar-refractivity contribution is 7.14. The van der Waals surface area contributed by atoms with Crippen LogP contribution in [0.15, 0.2) is 29.8 Å². The second-order valence-corrected chi connectivity index (χ2v) is 8.37. The minimum atomic E-state index is -0.668. The van der Waals surface area contributed by atoms with Gasteiger partial charge in [-0.2, -0.15) is 4.98 Å². The average molecular weight is 451 g/mol. The van der Waals surface area contributed by atoms with Crippen LogP contribution in [0.3, 0.4) is 0 Å². The van der Waals surface area contributed by atoms with Crippen molar-refractivity contribution in [2.45, 2.75) is 41.2 Å². The highest BCUT2D eigenvalue weighted by Crippen LogP contribution is 2.34. The van der Waals surface area contributed by atoms with Gasteiger partial charge in [-0.3, -0.25) is 9.69 Å². The van der Waals surface area contributed by atoms with Crippen molar-refractivity contribution in [1.82, 2.24) is 24.6 Å². The van der Waals surface area contributed by atoms with Gasteiger partial charge in [0, 0.05) is 24.2 Å². The number of aromatic nitrogens is 5. The van der Waals surface area contributed by atoms with Crippen LogP contribution in [-0.2, 0) is 16.1 Å². The molecule has 0 spiro atoms. The molecule has 1 aromatic carbocycles. The summed E-state index contributed by atoms with van der Waals surface area (Å²) >= 11 is 1.31. The summed E-state index contributed by atoms with van der Waals surface area (Å²) in [5, 5.41) is 6.43. The van der Waals surface area contributed by atoms with E-state index in [9.17, 15) is 9.59 Å². The van der Waals surface area contributed by atoms with E-state index in [4.69, 9.17) is 4.74 Å². The number of amides is 1. The van der Waals surface area contributed by atoms with Crippen LogP contribution in [0.2, 0.25) is 0 Å². The molecule has 0 atom stereocenters. The Morgan fingerprint density at radius 1 is 1.12 bits per heavy atom. The van der Waals surface area contributed by atoms with Crippen LogP contribution in [-0.4, -0.2) is 36.4 Å². The van der Waals surface area contributed by atoms with Crippen LogP contribution in [0.4, 0.5) is 10.8 Å². The third-order valence-electron chi connectivity index (χ3n) is 4.87. The zero-order chi connectivity index (χ0) is 23.0. The largest absolute Gasteiger partial charge is 0.453 e. The van der Waals surface area contributed by atoms with Gasteiger partial charge >= 0.3 is 5.97 Å². The van der Waals surface area contributed by atoms with Crippen LogP contribution in [0, 0.1) is 27.7 Å². The lowest BCUT2D eigenvalue weighted by Crippen LogP contribution is -2.24. The molecule has 3 aromatic heterocycles. The molecule has 0 bridgehead atoms. The summed E-state index contributed by atoms with van der Waals surface area (Å²) in [7, 11) is 0. The van der Waals surface area contributed by atoms with Gasteiger partial charge < -0.3 is 4.74 Å². The normalized spacial score (nSPS) is 11.0. The van der Waals surface area contributed by atoms with E-state index in [2.05, 4.69) is 20.1 Å². The van der Waals surface area contributed by atoms with Gasteiger partial charge in [-0.25, -0.2) is 19.3 Å². The summed E-state index contributed by atoms with van der Waals surface area (Å²) in [4.78, 5) is 39.2. The molecule has 0 aliphatic carbocycles. The molecule has 0 radical (unpaired) electrons. The zero-order valence-electron chi connectivity index (χ0n) is 18.4. The number of thiazole rings is 1. The Morgan fingerprint density at radius 2 is 1.84 bits per heavy atom. The first-order valence-corrected chi connectivity index (χ1v) is 10.8. The number of fused-ring (bicyclic) bond motifs is 1. The van der Waals surface area contributed by atoms with E-state index in [1.807, 2.05) is 39.8 Å². The molecule has 0 aliphatic rings. The van der Waals surface area contributed by atoms with Crippen molar-refractivity contribution >= 4 is 39.8 Å². The van der Waals surface area contributed by atoms with Gasteiger partial charge in [0.25, 0.3) is 11.6 Å².